The number of guanidine groups is 1. The van der Waals surface area contributed by atoms with E-state index in [4.69, 9.17) is 4.98 Å². The number of thiazole rings is 1. The van der Waals surface area contributed by atoms with Crippen LogP contribution in [0.5, 0.6) is 0 Å². The molecular formula is C21H38IN5S. The molecule has 7 heteroatoms. The molecule has 1 aromatic rings. The molecule has 1 aliphatic carbocycles. The van der Waals surface area contributed by atoms with Crippen LogP contribution in [0.25, 0.3) is 0 Å². The third-order valence-corrected chi connectivity index (χ3v) is 6.76. The Balaban J connectivity index is 0.00000280. The molecule has 2 aliphatic rings. The van der Waals surface area contributed by atoms with Crippen LogP contribution in [0.1, 0.15) is 76.4 Å². The van der Waals surface area contributed by atoms with Gasteiger partial charge in [-0.3, -0.25) is 4.99 Å². The lowest BCUT2D eigenvalue weighted by atomic mass is 9.92. The first-order valence-electron chi connectivity index (χ1n) is 10.6. The lowest BCUT2D eigenvalue weighted by Crippen LogP contribution is -2.50. The SMILES string of the molecule is CN=C(NCc1nc(C(C)(C)C)cs1)NC1CCN(C2CCCCC2)CC1.I. The van der Waals surface area contributed by atoms with E-state index in [1.807, 2.05) is 7.05 Å². The standard InChI is InChI=1S/C21H37N5S.HI/c1-21(2,3)18-15-27-19(25-18)14-23-20(22-4)24-16-10-12-26(13-11-16)17-8-6-5-7-9-17;/h15-17H,5-14H2,1-4H3,(H2,22,23,24);1H. The van der Waals surface area contributed by atoms with Gasteiger partial charge in [-0.15, -0.1) is 35.3 Å². The molecule has 2 heterocycles. The van der Waals surface area contributed by atoms with Gasteiger partial charge in [-0.25, -0.2) is 4.98 Å². The van der Waals surface area contributed by atoms with E-state index in [9.17, 15) is 0 Å². The van der Waals surface area contributed by atoms with Crippen molar-refractivity contribution in [2.24, 2.45) is 4.99 Å². The fourth-order valence-corrected chi connectivity index (χ4v) is 5.10. The van der Waals surface area contributed by atoms with Crippen molar-refractivity contribution in [1.29, 1.82) is 0 Å². The second-order valence-electron chi connectivity index (χ2n) is 9.05. The van der Waals surface area contributed by atoms with Gasteiger partial charge in [-0.1, -0.05) is 40.0 Å². The maximum absolute atomic E-state index is 4.76. The molecule has 1 saturated carbocycles. The maximum Gasteiger partial charge on any atom is 0.191 e. The zero-order valence-electron chi connectivity index (χ0n) is 18.0. The van der Waals surface area contributed by atoms with Gasteiger partial charge in [0.05, 0.1) is 12.2 Å². The van der Waals surface area contributed by atoms with Gasteiger partial charge in [0.1, 0.15) is 5.01 Å². The van der Waals surface area contributed by atoms with Crippen molar-refractivity contribution in [3.05, 3.63) is 16.1 Å². The van der Waals surface area contributed by atoms with Crippen molar-refractivity contribution < 1.29 is 0 Å². The molecule has 0 aromatic carbocycles. The number of likely N-dealkylation sites (tertiary alicyclic amines) is 1. The topological polar surface area (TPSA) is 52.6 Å². The van der Waals surface area contributed by atoms with Gasteiger partial charge in [0.2, 0.25) is 0 Å². The van der Waals surface area contributed by atoms with Gasteiger partial charge in [0, 0.05) is 43.0 Å². The summed E-state index contributed by atoms with van der Waals surface area (Å²) in [4.78, 5) is 11.9. The largest absolute Gasteiger partial charge is 0.354 e. The number of hydrogen-bond donors (Lipinski definition) is 2. The molecule has 2 N–H and O–H groups in total. The summed E-state index contributed by atoms with van der Waals surface area (Å²) in [6.45, 7) is 9.81. The first kappa shape index (κ1) is 23.9. The average molecular weight is 520 g/mol. The Morgan fingerprint density at radius 2 is 1.86 bits per heavy atom. The fraction of sp³-hybridized carbons (Fsp3) is 0.810. The van der Waals surface area contributed by atoms with Crippen molar-refractivity contribution in [2.75, 3.05) is 20.1 Å². The maximum atomic E-state index is 4.76. The molecular weight excluding hydrogens is 481 g/mol. The lowest BCUT2D eigenvalue weighted by molar-refractivity contribution is 0.119. The summed E-state index contributed by atoms with van der Waals surface area (Å²) in [6, 6.07) is 1.37. The van der Waals surface area contributed by atoms with E-state index >= 15 is 0 Å². The van der Waals surface area contributed by atoms with E-state index in [1.165, 1.54) is 63.7 Å². The van der Waals surface area contributed by atoms with E-state index in [0.717, 1.165) is 23.6 Å². The normalized spacial score (nSPS) is 20.6. The summed E-state index contributed by atoms with van der Waals surface area (Å²) in [5, 5.41) is 10.4. The zero-order chi connectivity index (χ0) is 19.3. The van der Waals surface area contributed by atoms with Crippen LogP contribution in [0.2, 0.25) is 0 Å². The summed E-state index contributed by atoms with van der Waals surface area (Å²) < 4.78 is 0. The van der Waals surface area contributed by atoms with E-state index in [0.29, 0.717) is 6.04 Å². The molecule has 1 aromatic heterocycles. The van der Waals surface area contributed by atoms with Crippen molar-refractivity contribution in [2.45, 2.75) is 89.8 Å². The highest BCUT2D eigenvalue weighted by molar-refractivity contribution is 14.0. The summed E-state index contributed by atoms with van der Waals surface area (Å²) in [5.41, 5.74) is 1.28. The lowest BCUT2D eigenvalue weighted by Gasteiger charge is -2.39. The second-order valence-corrected chi connectivity index (χ2v) is 9.99. The molecule has 1 saturated heterocycles. The summed E-state index contributed by atoms with van der Waals surface area (Å²) in [7, 11) is 1.86. The minimum Gasteiger partial charge on any atom is -0.354 e. The van der Waals surface area contributed by atoms with Crippen LogP contribution >= 0.6 is 35.3 Å². The van der Waals surface area contributed by atoms with E-state index < -0.39 is 0 Å². The summed E-state index contributed by atoms with van der Waals surface area (Å²) in [5.74, 6) is 0.902. The first-order valence-corrected chi connectivity index (χ1v) is 11.5. The van der Waals surface area contributed by atoms with Crippen molar-refractivity contribution in [1.82, 2.24) is 20.5 Å². The molecule has 0 bridgehead atoms. The Kier molecular flexibility index (Phi) is 9.47. The van der Waals surface area contributed by atoms with Gasteiger partial charge < -0.3 is 15.5 Å². The molecule has 2 fully saturated rings. The van der Waals surface area contributed by atoms with E-state index in [2.05, 4.69) is 46.7 Å². The molecule has 1 aliphatic heterocycles. The van der Waals surface area contributed by atoms with Crippen molar-refractivity contribution in [3.63, 3.8) is 0 Å². The Bertz CT molecular complexity index is 611. The van der Waals surface area contributed by atoms with Crippen LogP contribution in [0.15, 0.2) is 10.4 Å². The van der Waals surface area contributed by atoms with Gasteiger partial charge >= 0.3 is 0 Å². The van der Waals surface area contributed by atoms with Crippen LogP contribution in [-0.4, -0.2) is 48.1 Å². The van der Waals surface area contributed by atoms with E-state index in [-0.39, 0.29) is 29.4 Å². The molecule has 3 rings (SSSR count). The molecule has 160 valence electrons. The van der Waals surface area contributed by atoms with Gasteiger partial charge in [0.15, 0.2) is 5.96 Å². The third kappa shape index (κ3) is 6.83. The van der Waals surface area contributed by atoms with Gasteiger partial charge in [-0.05, 0) is 25.7 Å². The Morgan fingerprint density at radius 3 is 2.43 bits per heavy atom. The molecule has 0 spiro atoms. The molecule has 0 radical (unpaired) electrons. The number of hydrogen-bond acceptors (Lipinski definition) is 4. The van der Waals surface area contributed by atoms with Crippen molar-refractivity contribution >= 4 is 41.3 Å². The molecule has 28 heavy (non-hydrogen) atoms. The van der Waals surface area contributed by atoms with Crippen LogP contribution < -0.4 is 10.6 Å². The number of nitrogens with one attached hydrogen (secondary N) is 2. The molecule has 0 atom stereocenters. The Hall–Kier alpha value is -0.410. The molecule has 5 nitrogen and oxygen atoms in total. The zero-order valence-corrected chi connectivity index (χ0v) is 21.1. The second kappa shape index (κ2) is 11.1. The smallest absolute Gasteiger partial charge is 0.191 e. The number of halogens is 1. The number of piperidine rings is 1. The number of rotatable bonds is 4. The summed E-state index contributed by atoms with van der Waals surface area (Å²) in [6.07, 6.45) is 9.52. The van der Waals surface area contributed by atoms with Crippen LogP contribution in [0, 0.1) is 0 Å². The van der Waals surface area contributed by atoms with Gasteiger partial charge in [-0.2, -0.15) is 0 Å². The fourth-order valence-electron chi connectivity index (χ4n) is 4.14. The highest BCUT2D eigenvalue weighted by Crippen LogP contribution is 2.25. The number of nitrogens with zero attached hydrogens (tertiary/aromatic N) is 3. The highest BCUT2D eigenvalue weighted by atomic mass is 127. The Labute approximate surface area is 192 Å². The van der Waals surface area contributed by atoms with Crippen molar-refractivity contribution in [3.8, 4) is 0 Å². The van der Waals surface area contributed by atoms with Crippen LogP contribution in [0.4, 0.5) is 0 Å². The first-order chi connectivity index (χ1) is 13.0. The monoisotopic (exact) mass is 519 g/mol. The highest BCUT2D eigenvalue weighted by Gasteiger charge is 2.26. The Morgan fingerprint density at radius 1 is 1.18 bits per heavy atom. The quantitative estimate of drug-likeness (QED) is 0.349. The predicted molar refractivity (Wildman–Crippen MR) is 131 cm³/mol. The van der Waals surface area contributed by atoms with E-state index in [1.54, 1.807) is 11.3 Å². The average Bonchev–Trinajstić information content (AvgIpc) is 3.16. The number of aromatic nitrogens is 1. The third-order valence-electron chi connectivity index (χ3n) is 5.91. The van der Waals surface area contributed by atoms with Crippen LogP contribution in [0.3, 0.4) is 0 Å². The minimum absolute atomic E-state index is 0. The van der Waals surface area contributed by atoms with Gasteiger partial charge in [0.25, 0.3) is 0 Å². The minimum atomic E-state index is 0. The molecule has 0 unspecified atom stereocenters. The number of aliphatic imine (C=N–C) groups is 1. The molecule has 0 amide bonds. The van der Waals surface area contributed by atoms with Crippen LogP contribution in [-0.2, 0) is 12.0 Å². The predicted octanol–water partition coefficient (Wildman–Crippen LogP) is 4.52. The summed E-state index contributed by atoms with van der Waals surface area (Å²) >= 11 is 1.73.